The maximum absolute atomic E-state index is 2.12. The molecule has 0 radical (unpaired) electrons. The van der Waals surface area contributed by atoms with E-state index >= 15 is 0 Å². The van der Waals surface area contributed by atoms with Crippen LogP contribution in [-0.4, -0.2) is 0 Å². The Balaban J connectivity index is -0.0000000202. The van der Waals surface area contributed by atoms with Gasteiger partial charge in [-0.05, 0) is 0 Å². The van der Waals surface area contributed by atoms with Crippen molar-refractivity contribution in [2.24, 2.45) is 0 Å². The summed E-state index contributed by atoms with van der Waals surface area (Å²) >= 11 is 0. The molecule has 0 amide bonds. The maximum atomic E-state index is 2.12. The Morgan fingerprint density at radius 3 is 0.667 bits per heavy atom. The average Bonchev–Trinajstić information content (AvgIpc) is 1.75. The molecule has 0 aliphatic heterocycles. The fraction of sp³-hybridized carbons (Fsp3) is 1.00. The van der Waals surface area contributed by atoms with Crippen molar-refractivity contribution in [2.45, 2.75) is 54.4 Å². The first-order valence-corrected chi connectivity index (χ1v) is 3.83. The standard InChI is InChI=1S/2C3H8.C2H6.H2S/c2*1-3-2;1-2;/h2*3H2,1-2H3;1-2H3;1H2. The first-order valence-electron chi connectivity index (χ1n) is 3.83. The molecule has 0 saturated carbocycles. The minimum absolute atomic E-state index is 0. The summed E-state index contributed by atoms with van der Waals surface area (Å²) in [4.78, 5) is 0. The van der Waals surface area contributed by atoms with Crippen molar-refractivity contribution < 1.29 is 0 Å². The fourth-order valence-corrected chi connectivity index (χ4v) is 0. The third-order valence-electron chi connectivity index (χ3n) is 0. The van der Waals surface area contributed by atoms with Crippen LogP contribution >= 0.6 is 13.5 Å². The smallest absolute Gasteiger partial charge is 0.0590 e. The Hall–Kier alpha value is 0.350. The summed E-state index contributed by atoms with van der Waals surface area (Å²) in [5.74, 6) is 0. The summed E-state index contributed by atoms with van der Waals surface area (Å²) in [6.07, 6.45) is 2.50. The topological polar surface area (TPSA) is 0 Å². The molecule has 0 heterocycles. The van der Waals surface area contributed by atoms with E-state index in [1.54, 1.807) is 0 Å². The number of hydrogen-bond acceptors (Lipinski definition) is 0. The molecule has 1 heteroatoms. The van der Waals surface area contributed by atoms with Gasteiger partial charge in [-0.3, -0.25) is 0 Å². The van der Waals surface area contributed by atoms with Gasteiger partial charge < -0.3 is 0 Å². The molecule has 0 nitrogen and oxygen atoms in total. The molecule has 0 aromatic heterocycles. The quantitative estimate of drug-likeness (QED) is 0.492. The van der Waals surface area contributed by atoms with Crippen LogP contribution in [0.4, 0.5) is 0 Å². The summed E-state index contributed by atoms with van der Waals surface area (Å²) in [5.41, 5.74) is 0. The molecule has 0 saturated heterocycles. The summed E-state index contributed by atoms with van der Waals surface area (Å²) in [5, 5.41) is 0. The molecule has 0 unspecified atom stereocenters. The lowest BCUT2D eigenvalue weighted by atomic mass is 10.6. The first-order chi connectivity index (χ1) is 3.83. The molecule has 0 aromatic carbocycles. The average molecular weight is 152 g/mol. The lowest BCUT2D eigenvalue weighted by Crippen LogP contribution is -1.27. The molecule has 0 aliphatic rings. The Morgan fingerprint density at radius 2 is 0.667 bits per heavy atom. The zero-order valence-electron chi connectivity index (χ0n) is 7.91. The second-order valence-electron chi connectivity index (χ2n) is 1.41. The van der Waals surface area contributed by atoms with Gasteiger partial charge in [-0.25, -0.2) is 0 Å². The predicted octanol–water partition coefficient (Wildman–Crippen LogP) is 3.97. The fourth-order valence-electron chi connectivity index (χ4n) is 0. The van der Waals surface area contributed by atoms with Crippen molar-refractivity contribution in [1.29, 1.82) is 0 Å². The van der Waals surface area contributed by atoms with Crippen LogP contribution < -0.4 is 0 Å². The number of hydrogen-bond donors (Lipinski definition) is 0. The van der Waals surface area contributed by atoms with Crippen molar-refractivity contribution in [3.05, 3.63) is 0 Å². The van der Waals surface area contributed by atoms with E-state index in [4.69, 9.17) is 0 Å². The van der Waals surface area contributed by atoms with Gasteiger partial charge in [-0.1, -0.05) is 54.4 Å². The third-order valence-corrected chi connectivity index (χ3v) is 0. The largest absolute Gasteiger partial charge is 0.197 e. The summed E-state index contributed by atoms with van der Waals surface area (Å²) < 4.78 is 0. The first kappa shape index (κ1) is 22.8. The Morgan fingerprint density at radius 1 is 0.667 bits per heavy atom. The van der Waals surface area contributed by atoms with Gasteiger partial charge in [0.1, 0.15) is 0 Å². The highest BCUT2D eigenvalue weighted by Gasteiger charge is 1.36. The van der Waals surface area contributed by atoms with E-state index in [1.807, 2.05) is 13.8 Å². The molecule has 0 N–H and O–H groups in total. The van der Waals surface area contributed by atoms with Gasteiger partial charge >= 0.3 is 0 Å². The van der Waals surface area contributed by atoms with E-state index in [0.717, 1.165) is 0 Å². The molecule has 0 fully saturated rings. The summed E-state index contributed by atoms with van der Waals surface area (Å²) in [7, 11) is 0. The second kappa shape index (κ2) is 81.7. The highest BCUT2D eigenvalue weighted by atomic mass is 32.1. The molecule has 0 aromatic rings. The van der Waals surface area contributed by atoms with E-state index in [2.05, 4.69) is 27.7 Å². The van der Waals surface area contributed by atoms with Crippen molar-refractivity contribution in [2.75, 3.05) is 0 Å². The van der Waals surface area contributed by atoms with Crippen LogP contribution in [-0.2, 0) is 0 Å². The van der Waals surface area contributed by atoms with E-state index in [1.165, 1.54) is 12.8 Å². The minimum Gasteiger partial charge on any atom is -0.197 e. The van der Waals surface area contributed by atoms with Gasteiger partial charge in [-0.15, -0.1) is 0 Å². The Bertz CT molecular complexity index is 6.53. The lowest BCUT2D eigenvalue weighted by molar-refractivity contribution is 1.09. The molecular formula is C8H24S. The zero-order valence-corrected chi connectivity index (χ0v) is 8.91. The van der Waals surface area contributed by atoms with E-state index in [-0.39, 0.29) is 13.5 Å². The third kappa shape index (κ3) is 2750. The van der Waals surface area contributed by atoms with Gasteiger partial charge in [0.15, 0.2) is 0 Å². The normalized spacial score (nSPS) is 4.67. The maximum Gasteiger partial charge on any atom is -0.0590 e. The van der Waals surface area contributed by atoms with Crippen LogP contribution in [0.15, 0.2) is 0 Å². The highest BCUT2D eigenvalue weighted by Crippen LogP contribution is 1.56. The minimum atomic E-state index is 0. The van der Waals surface area contributed by atoms with E-state index in [0.29, 0.717) is 0 Å². The lowest BCUT2D eigenvalue weighted by Gasteiger charge is -1.48. The van der Waals surface area contributed by atoms with Crippen LogP contribution in [0.1, 0.15) is 54.4 Å². The van der Waals surface area contributed by atoms with Crippen molar-refractivity contribution >= 4 is 13.5 Å². The van der Waals surface area contributed by atoms with Crippen LogP contribution in [0.5, 0.6) is 0 Å². The van der Waals surface area contributed by atoms with Crippen molar-refractivity contribution in [3.63, 3.8) is 0 Å². The molecule has 0 aliphatic carbocycles. The van der Waals surface area contributed by atoms with Crippen LogP contribution in [0.25, 0.3) is 0 Å². The van der Waals surface area contributed by atoms with Crippen molar-refractivity contribution in [3.8, 4) is 0 Å². The van der Waals surface area contributed by atoms with Crippen LogP contribution in [0, 0.1) is 0 Å². The van der Waals surface area contributed by atoms with Gasteiger partial charge in [0, 0.05) is 0 Å². The molecule has 62 valence electrons. The summed E-state index contributed by atoms with van der Waals surface area (Å²) in [6.45, 7) is 12.5. The van der Waals surface area contributed by atoms with Crippen LogP contribution in [0.2, 0.25) is 0 Å². The number of rotatable bonds is 0. The van der Waals surface area contributed by atoms with E-state index in [9.17, 15) is 0 Å². The van der Waals surface area contributed by atoms with Gasteiger partial charge in [0.25, 0.3) is 0 Å². The molecule has 9 heavy (non-hydrogen) atoms. The molecule has 0 atom stereocenters. The van der Waals surface area contributed by atoms with Gasteiger partial charge in [0.05, 0.1) is 0 Å². The molecule has 0 bridgehead atoms. The van der Waals surface area contributed by atoms with E-state index < -0.39 is 0 Å². The van der Waals surface area contributed by atoms with Crippen LogP contribution in [0.3, 0.4) is 0 Å². The Kier molecular flexibility index (Phi) is 207. The summed E-state index contributed by atoms with van der Waals surface area (Å²) in [6, 6.07) is 0. The highest BCUT2D eigenvalue weighted by molar-refractivity contribution is 7.59. The molecule has 0 rings (SSSR count). The molecule has 0 spiro atoms. The zero-order chi connectivity index (χ0) is 7.41. The SMILES string of the molecule is CC.CCC.CCC.S. The van der Waals surface area contributed by atoms with Crippen molar-refractivity contribution in [1.82, 2.24) is 0 Å². The predicted molar refractivity (Wildman–Crippen MR) is 53.7 cm³/mol. The van der Waals surface area contributed by atoms with Gasteiger partial charge in [-0.2, -0.15) is 13.5 Å². The second-order valence-corrected chi connectivity index (χ2v) is 1.41. The monoisotopic (exact) mass is 152 g/mol. The van der Waals surface area contributed by atoms with Gasteiger partial charge in [0.2, 0.25) is 0 Å². The molecular weight excluding hydrogens is 128 g/mol. The Labute approximate surface area is 68.5 Å².